The van der Waals surface area contributed by atoms with Crippen molar-refractivity contribution in [3.63, 3.8) is 0 Å². The molecule has 1 aromatic carbocycles. The van der Waals surface area contributed by atoms with E-state index in [1.807, 2.05) is 37.3 Å². The average Bonchev–Trinajstić information content (AvgIpc) is 2.38. The maximum absolute atomic E-state index is 10.1. The molecule has 4 nitrogen and oxygen atoms in total. The largest absolute Gasteiger partial charge is 0.387 e. The van der Waals surface area contributed by atoms with Crippen molar-refractivity contribution in [3.05, 3.63) is 35.9 Å². The van der Waals surface area contributed by atoms with Gasteiger partial charge in [0.2, 0.25) is 0 Å². The molecule has 1 rings (SSSR count). The van der Waals surface area contributed by atoms with Crippen LogP contribution in [0, 0.1) is 0 Å². The van der Waals surface area contributed by atoms with E-state index >= 15 is 0 Å². The van der Waals surface area contributed by atoms with Gasteiger partial charge in [0.25, 0.3) is 6.64 Å². The van der Waals surface area contributed by atoms with Crippen LogP contribution >= 0.6 is 6.64 Å². The summed E-state index contributed by atoms with van der Waals surface area (Å²) in [5, 5.41) is 13.2. The fourth-order valence-corrected chi connectivity index (χ4v) is 2.94. The number of hydrogen-bond acceptors (Lipinski definition) is 4. The van der Waals surface area contributed by atoms with Crippen LogP contribution in [0.4, 0.5) is 0 Å². The van der Waals surface area contributed by atoms with Gasteiger partial charge >= 0.3 is 0 Å². The molecule has 1 aromatic rings. The highest BCUT2D eigenvalue weighted by atomic mass is 32.5. The van der Waals surface area contributed by atoms with Gasteiger partial charge in [-0.25, -0.2) is 5.09 Å². The molecule has 0 aromatic heterocycles. The maximum Gasteiger partial charge on any atom is 0.261 e. The molecule has 0 aliphatic rings. The third-order valence-electron chi connectivity index (χ3n) is 2.46. The predicted molar refractivity (Wildman–Crippen MR) is 72.3 cm³/mol. The summed E-state index contributed by atoms with van der Waals surface area (Å²) in [7, 11) is 3.00. The fraction of sp³-hybridized carbons (Fsp3) is 0.455. The second kappa shape index (κ2) is 6.59. The lowest BCUT2D eigenvalue weighted by Gasteiger charge is -2.26. The number of nitrogens with one attached hydrogen (secondary N) is 1. The van der Waals surface area contributed by atoms with Crippen LogP contribution in [0.15, 0.2) is 30.3 Å². The third-order valence-corrected chi connectivity index (χ3v) is 5.35. The topological polar surface area (TPSA) is 50.7 Å². The van der Waals surface area contributed by atoms with E-state index in [4.69, 9.17) is 20.9 Å². The normalized spacial score (nSPS) is 15.5. The van der Waals surface area contributed by atoms with Crippen LogP contribution in [0.25, 0.3) is 0 Å². The van der Waals surface area contributed by atoms with Crippen LogP contribution in [0.3, 0.4) is 0 Å². The maximum atomic E-state index is 10.1. The van der Waals surface area contributed by atoms with Gasteiger partial charge in [0.05, 0.1) is 6.10 Å². The molecule has 0 spiro atoms. The van der Waals surface area contributed by atoms with E-state index in [1.165, 1.54) is 14.2 Å². The van der Waals surface area contributed by atoms with E-state index in [-0.39, 0.29) is 6.04 Å². The monoisotopic (exact) mass is 275 g/mol. The average molecular weight is 275 g/mol. The third kappa shape index (κ3) is 4.14. The Hall–Kier alpha value is -0.290. The number of aliphatic hydroxyl groups is 1. The zero-order valence-corrected chi connectivity index (χ0v) is 11.9. The van der Waals surface area contributed by atoms with Crippen LogP contribution in [0.5, 0.6) is 0 Å². The first kappa shape index (κ1) is 14.8. The van der Waals surface area contributed by atoms with Crippen LogP contribution in [-0.4, -0.2) is 25.4 Å². The molecular formula is C11H18NO3PS. The summed E-state index contributed by atoms with van der Waals surface area (Å²) >= 11 is 5.19. The molecule has 0 saturated carbocycles. The highest BCUT2D eigenvalue weighted by molar-refractivity contribution is 8.08. The van der Waals surface area contributed by atoms with Gasteiger partial charge in [-0.3, -0.25) is 0 Å². The molecule has 0 aliphatic carbocycles. The highest BCUT2D eigenvalue weighted by Crippen LogP contribution is 2.43. The first-order chi connectivity index (χ1) is 8.02. The van der Waals surface area contributed by atoms with Gasteiger partial charge in [-0.15, -0.1) is 0 Å². The van der Waals surface area contributed by atoms with Crippen LogP contribution in [0.1, 0.15) is 18.6 Å². The quantitative estimate of drug-likeness (QED) is 0.780. The Kier molecular flexibility index (Phi) is 5.73. The van der Waals surface area contributed by atoms with Gasteiger partial charge in [-0.1, -0.05) is 30.3 Å². The minimum Gasteiger partial charge on any atom is -0.387 e. The number of rotatable bonds is 6. The van der Waals surface area contributed by atoms with Gasteiger partial charge in [-0.05, 0) is 24.3 Å². The lowest BCUT2D eigenvalue weighted by molar-refractivity contribution is 0.142. The molecule has 0 saturated heterocycles. The van der Waals surface area contributed by atoms with Gasteiger partial charge in [0.1, 0.15) is 0 Å². The zero-order chi connectivity index (χ0) is 12.9. The van der Waals surface area contributed by atoms with Crippen molar-refractivity contribution < 1.29 is 14.2 Å². The highest BCUT2D eigenvalue weighted by Gasteiger charge is 2.24. The predicted octanol–water partition coefficient (Wildman–Crippen LogP) is 2.22. The minimum atomic E-state index is -2.49. The Labute approximate surface area is 107 Å². The van der Waals surface area contributed by atoms with Crippen molar-refractivity contribution >= 4 is 18.4 Å². The first-order valence-electron chi connectivity index (χ1n) is 5.24. The molecule has 0 aliphatic heterocycles. The Bertz CT molecular complexity index is 380. The molecule has 2 atom stereocenters. The standard InChI is InChI=1S/C11H18NO3PS/c1-9(12-16(17,14-2)15-3)11(13)10-7-5-4-6-8-10/h4-9,11,13H,1-3H3,(H,12,17)/t9-,11-/m0/s1. The van der Waals surface area contributed by atoms with Gasteiger partial charge < -0.3 is 14.2 Å². The Morgan fingerprint density at radius 2 is 1.76 bits per heavy atom. The van der Waals surface area contributed by atoms with E-state index in [9.17, 15) is 5.11 Å². The van der Waals surface area contributed by atoms with Crippen molar-refractivity contribution in [2.24, 2.45) is 0 Å². The Balaban J connectivity index is 2.71. The summed E-state index contributed by atoms with van der Waals surface area (Å²) in [5.41, 5.74) is 0.834. The second-order valence-electron chi connectivity index (χ2n) is 3.64. The molecule has 96 valence electrons. The van der Waals surface area contributed by atoms with Crippen molar-refractivity contribution in [2.75, 3.05) is 14.2 Å². The van der Waals surface area contributed by atoms with Gasteiger partial charge in [0.15, 0.2) is 0 Å². The lowest BCUT2D eigenvalue weighted by Crippen LogP contribution is -2.30. The lowest BCUT2D eigenvalue weighted by atomic mass is 10.0. The zero-order valence-electron chi connectivity index (χ0n) is 10.2. The Morgan fingerprint density at radius 3 is 2.24 bits per heavy atom. The van der Waals surface area contributed by atoms with E-state index < -0.39 is 12.7 Å². The summed E-state index contributed by atoms with van der Waals surface area (Å²) in [6.07, 6.45) is -0.649. The van der Waals surface area contributed by atoms with E-state index in [2.05, 4.69) is 5.09 Å². The van der Waals surface area contributed by atoms with Crippen molar-refractivity contribution in [1.29, 1.82) is 0 Å². The fourth-order valence-electron chi connectivity index (χ4n) is 1.44. The van der Waals surface area contributed by atoms with E-state index in [0.29, 0.717) is 0 Å². The first-order valence-corrected chi connectivity index (χ1v) is 7.88. The summed E-state index contributed by atoms with van der Waals surface area (Å²) in [4.78, 5) is 0. The Morgan fingerprint density at radius 1 is 1.24 bits per heavy atom. The minimum absolute atomic E-state index is 0.247. The smallest absolute Gasteiger partial charge is 0.261 e. The molecular weight excluding hydrogens is 257 g/mol. The molecule has 6 heteroatoms. The van der Waals surface area contributed by atoms with Crippen LogP contribution < -0.4 is 5.09 Å². The van der Waals surface area contributed by atoms with Crippen LogP contribution in [0.2, 0.25) is 0 Å². The van der Waals surface area contributed by atoms with Crippen LogP contribution in [-0.2, 0) is 20.9 Å². The van der Waals surface area contributed by atoms with Crippen molar-refractivity contribution in [2.45, 2.75) is 19.1 Å². The molecule has 17 heavy (non-hydrogen) atoms. The summed E-state index contributed by atoms with van der Waals surface area (Å²) in [6.45, 7) is -0.644. The number of aliphatic hydroxyl groups excluding tert-OH is 1. The molecule has 2 N–H and O–H groups in total. The molecule has 0 radical (unpaired) electrons. The molecule has 0 fully saturated rings. The molecule has 0 bridgehead atoms. The van der Waals surface area contributed by atoms with Crippen molar-refractivity contribution in [1.82, 2.24) is 5.09 Å². The van der Waals surface area contributed by atoms with Gasteiger partial charge in [0, 0.05) is 20.3 Å². The second-order valence-corrected chi connectivity index (χ2v) is 7.06. The van der Waals surface area contributed by atoms with E-state index in [0.717, 1.165) is 5.56 Å². The molecule has 0 amide bonds. The summed E-state index contributed by atoms with van der Waals surface area (Å²) in [5.74, 6) is 0. The SMILES string of the molecule is COP(=S)(N[C@@H](C)[C@H](O)c1ccccc1)OC. The van der Waals surface area contributed by atoms with Gasteiger partial charge in [-0.2, -0.15) is 0 Å². The molecule has 0 heterocycles. The number of benzene rings is 1. The summed E-state index contributed by atoms with van der Waals surface area (Å²) in [6, 6.07) is 9.16. The van der Waals surface area contributed by atoms with Crippen molar-refractivity contribution in [3.8, 4) is 0 Å². The summed E-state index contributed by atoms with van der Waals surface area (Å²) < 4.78 is 10.3. The number of hydrogen-bond donors (Lipinski definition) is 2. The van der Waals surface area contributed by atoms with E-state index in [1.54, 1.807) is 0 Å². The molecule has 0 unspecified atom stereocenters.